The molecular weight excluding hydrogens is 442 g/mol. The van der Waals surface area contributed by atoms with Crippen molar-refractivity contribution in [1.82, 2.24) is 10.2 Å². The first kappa shape index (κ1) is 23.6. The van der Waals surface area contributed by atoms with Gasteiger partial charge in [-0.2, -0.15) is 0 Å². The summed E-state index contributed by atoms with van der Waals surface area (Å²) in [6, 6.07) is 3.86. The van der Waals surface area contributed by atoms with E-state index in [9.17, 15) is 9.90 Å². The predicted octanol–water partition coefficient (Wildman–Crippen LogP) is 2.76. The number of nitrogens with two attached hydrogens (primary N) is 1. The second kappa shape index (κ2) is 8.63. The second-order valence-electron chi connectivity index (χ2n) is 12.1. The Morgan fingerprint density at radius 2 is 2.17 bits per heavy atom. The van der Waals surface area contributed by atoms with Gasteiger partial charge < -0.3 is 25.6 Å². The molecule has 7 heteroatoms. The Balaban J connectivity index is 1.44. The maximum atomic E-state index is 12.4. The number of methoxy groups -OCH3 is 1. The van der Waals surface area contributed by atoms with E-state index in [-0.39, 0.29) is 29.1 Å². The number of fused-ring (bicyclic) bond motifs is 3. The minimum Gasteiger partial charge on any atom is -0.504 e. The number of aromatic hydroxyl groups is 1. The van der Waals surface area contributed by atoms with Gasteiger partial charge in [0.05, 0.1) is 6.04 Å². The molecule has 0 aromatic heterocycles. The van der Waals surface area contributed by atoms with Crippen LogP contribution in [0.3, 0.4) is 0 Å². The van der Waals surface area contributed by atoms with Crippen molar-refractivity contribution in [3.63, 3.8) is 0 Å². The highest BCUT2D eigenvalue weighted by molar-refractivity contribution is 5.80. The van der Waals surface area contributed by atoms with Crippen LogP contribution in [0.15, 0.2) is 12.1 Å². The minimum absolute atomic E-state index is 0.0977. The molecule has 1 amide bonds. The van der Waals surface area contributed by atoms with E-state index in [2.05, 4.69) is 16.3 Å². The van der Waals surface area contributed by atoms with Crippen LogP contribution >= 0.6 is 0 Å². The largest absolute Gasteiger partial charge is 0.504 e. The Kier molecular flexibility index (Phi) is 5.81. The van der Waals surface area contributed by atoms with Gasteiger partial charge in [-0.3, -0.25) is 9.69 Å². The number of hydrogen-bond donors (Lipinski definition) is 3. The quantitative estimate of drug-likeness (QED) is 0.576. The van der Waals surface area contributed by atoms with Crippen LogP contribution in [-0.4, -0.2) is 66.4 Å². The maximum absolute atomic E-state index is 12.4. The van der Waals surface area contributed by atoms with Crippen molar-refractivity contribution in [2.45, 2.75) is 88.5 Å². The molecule has 4 fully saturated rings. The van der Waals surface area contributed by atoms with Crippen molar-refractivity contribution in [2.24, 2.45) is 23.0 Å². The lowest BCUT2D eigenvalue weighted by atomic mass is 9.49. The van der Waals surface area contributed by atoms with Crippen molar-refractivity contribution >= 4 is 5.91 Å². The lowest BCUT2D eigenvalue weighted by Crippen LogP contribution is -2.69. The molecule has 4 N–H and O–H groups in total. The van der Waals surface area contributed by atoms with Crippen molar-refractivity contribution < 1.29 is 19.4 Å². The molecule has 6 atom stereocenters. The molecule has 1 aromatic carbocycles. The monoisotopic (exact) mass is 483 g/mol. The molecule has 2 heterocycles. The molecular formula is C28H41N3O4. The summed E-state index contributed by atoms with van der Waals surface area (Å²) in [5, 5.41) is 14.0. The molecule has 6 unspecified atom stereocenters. The van der Waals surface area contributed by atoms with Crippen LogP contribution in [0, 0.1) is 17.3 Å². The van der Waals surface area contributed by atoms with Gasteiger partial charge in [-0.05, 0) is 94.2 Å². The van der Waals surface area contributed by atoms with Crippen LogP contribution in [0.1, 0.15) is 63.0 Å². The molecule has 35 heavy (non-hydrogen) atoms. The van der Waals surface area contributed by atoms with Crippen molar-refractivity contribution in [2.75, 3.05) is 26.7 Å². The zero-order valence-electron chi connectivity index (χ0n) is 21.2. The lowest BCUT2D eigenvalue weighted by molar-refractivity contribution is -0.226. The number of amides is 1. The van der Waals surface area contributed by atoms with Crippen molar-refractivity contribution in [3.8, 4) is 11.5 Å². The number of ether oxygens (including phenoxy) is 2. The fraction of sp³-hybridized carbons (Fsp3) is 0.750. The fourth-order valence-electron chi connectivity index (χ4n) is 7.98. The van der Waals surface area contributed by atoms with Crippen LogP contribution in [0.5, 0.6) is 11.5 Å². The number of rotatable bonds is 6. The molecule has 0 radical (unpaired) electrons. The Morgan fingerprint density at radius 1 is 1.34 bits per heavy atom. The van der Waals surface area contributed by atoms with Crippen LogP contribution in [0.25, 0.3) is 0 Å². The molecule has 192 valence electrons. The molecule has 7 rings (SSSR count). The zero-order chi connectivity index (χ0) is 24.4. The number of nitrogens with one attached hydrogen (secondary N) is 1. The molecule has 7 bridgehead atoms. The highest BCUT2D eigenvalue weighted by Gasteiger charge is 2.64. The molecule has 2 aliphatic heterocycles. The van der Waals surface area contributed by atoms with E-state index in [1.165, 1.54) is 30.5 Å². The summed E-state index contributed by atoms with van der Waals surface area (Å²) < 4.78 is 13.2. The Morgan fingerprint density at radius 3 is 2.91 bits per heavy atom. The topological polar surface area (TPSA) is 97.0 Å². The third-order valence-electron chi connectivity index (χ3n) is 10.0. The molecule has 1 aromatic rings. The number of carbonyl (C=O) groups is 1. The molecule has 1 spiro atoms. The van der Waals surface area contributed by atoms with Gasteiger partial charge in [-0.1, -0.05) is 6.07 Å². The number of hydrogen-bond acceptors (Lipinski definition) is 6. The maximum Gasteiger partial charge on any atom is 0.236 e. The normalized spacial score (nSPS) is 36.8. The van der Waals surface area contributed by atoms with E-state index in [0.29, 0.717) is 18.3 Å². The Hall–Kier alpha value is -1.83. The summed E-state index contributed by atoms with van der Waals surface area (Å²) >= 11 is 0. The molecule has 0 saturated heterocycles. The van der Waals surface area contributed by atoms with E-state index in [4.69, 9.17) is 15.2 Å². The van der Waals surface area contributed by atoms with Gasteiger partial charge >= 0.3 is 0 Å². The summed E-state index contributed by atoms with van der Waals surface area (Å²) in [6.45, 7) is 4.56. The van der Waals surface area contributed by atoms with Gasteiger partial charge in [0.25, 0.3) is 0 Å². The summed E-state index contributed by atoms with van der Waals surface area (Å²) in [5.41, 5.74) is 7.99. The van der Waals surface area contributed by atoms with Gasteiger partial charge in [0.1, 0.15) is 11.7 Å². The third kappa shape index (κ3) is 3.85. The van der Waals surface area contributed by atoms with Crippen LogP contribution in [0.4, 0.5) is 0 Å². The molecule has 6 aliphatic rings. The van der Waals surface area contributed by atoms with Crippen LogP contribution in [-0.2, 0) is 22.4 Å². The average molecular weight is 484 g/mol. The fourth-order valence-corrected chi connectivity index (χ4v) is 7.98. The summed E-state index contributed by atoms with van der Waals surface area (Å²) in [7, 11) is 1.79. The second-order valence-corrected chi connectivity index (χ2v) is 12.1. The first-order valence-corrected chi connectivity index (χ1v) is 13.7. The highest BCUT2D eigenvalue weighted by atomic mass is 16.6. The molecule has 4 saturated carbocycles. The van der Waals surface area contributed by atoms with Gasteiger partial charge in [0, 0.05) is 37.7 Å². The van der Waals surface area contributed by atoms with E-state index in [0.717, 1.165) is 57.4 Å². The molecule has 7 nitrogen and oxygen atoms in total. The highest BCUT2D eigenvalue weighted by Crippen LogP contribution is 2.61. The van der Waals surface area contributed by atoms with Crippen LogP contribution < -0.4 is 15.8 Å². The standard InChI is InChI=1S/C28H41N3O4/c1-17(29)26(33)30-15-20-13-27-9-10-28(20,34-2)24(14-27)35-25-21-4-3-11-31(16-18-5-6-18)23(27)12-19(21)7-8-22(25)32/h7-8,17-18,20,23-24,32H,3-6,9-16,29H2,1-2H3,(H,30,33). The number of phenols is 1. The third-order valence-corrected chi connectivity index (χ3v) is 10.0. The lowest BCUT2D eigenvalue weighted by Gasteiger charge is -2.63. The van der Waals surface area contributed by atoms with E-state index >= 15 is 0 Å². The Labute approximate surface area is 208 Å². The number of nitrogens with zero attached hydrogens (tertiary/aromatic N) is 1. The first-order valence-electron chi connectivity index (χ1n) is 13.7. The first-order chi connectivity index (χ1) is 16.8. The Bertz CT molecular complexity index is 995. The van der Waals surface area contributed by atoms with Crippen LogP contribution in [0.2, 0.25) is 0 Å². The average Bonchev–Trinajstić information content (AvgIpc) is 3.65. The van der Waals surface area contributed by atoms with E-state index in [1.807, 2.05) is 6.07 Å². The van der Waals surface area contributed by atoms with Gasteiger partial charge in [0.15, 0.2) is 11.5 Å². The van der Waals surface area contributed by atoms with Crippen molar-refractivity contribution in [1.29, 1.82) is 0 Å². The van der Waals surface area contributed by atoms with E-state index < -0.39 is 11.6 Å². The SMILES string of the molecule is COC12CCC3(CC1CNC(=O)C(C)N)CC2Oc1c(O)ccc2c1CCCN(CC1CC1)C3C2. The van der Waals surface area contributed by atoms with Gasteiger partial charge in [0.2, 0.25) is 5.91 Å². The number of benzene rings is 1. The minimum atomic E-state index is -0.533. The van der Waals surface area contributed by atoms with Crippen molar-refractivity contribution in [3.05, 3.63) is 23.3 Å². The van der Waals surface area contributed by atoms with E-state index in [1.54, 1.807) is 14.0 Å². The zero-order valence-corrected chi connectivity index (χ0v) is 21.2. The summed E-state index contributed by atoms with van der Waals surface area (Å²) in [6.07, 6.45) is 9.54. The molecule has 4 aliphatic carbocycles. The van der Waals surface area contributed by atoms with Gasteiger partial charge in [-0.25, -0.2) is 0 Å². The summed E-state index contributed by atoms with van der Waals surface area (Å²) in [5.74, 6) is 1.76. The number of carbonyl (C=O) groups excluding carboxylic acids is 1. The van der Waals surface area contributed by atoms with Gasteiger partial charge in [-0.15, -0.1) is 0 Å². The predicted molar refractivity (Wildman–Crippen MR) is 133 cm³/mol. The number of phenolic OH excluding ortho intramolecular Hbond substituents is 1. The smallest absolute Gasteiger partial charge is 0.236 e. The summed E-state index contributed by atoms with van der Waals surface area (Å²) in [4.78, 5) is 15.2.